The van der Waals surface area contributed by atoms with Gasteiger partial charge in [-0.15, -0.1) is 0 Å². The largest absolute Gasteiger partial charge is 0.497 e. The Hall–Kier alpha value is -2.70. The lowest BCUT2D eigenvalue weighted by Gasteiger charge is -2.27. The first-order valence-electron chi connectivity index (χ1n) is 6.52. The summed E-state index contributed by atoms with van der Waals surface area (Å²) in [5.41, 5.74) is 2.35. The summed E-state index contributed by atoms with van der Waals surface area (Å²) in [6.07, 6.45) is 0. The molecule has 1 aliphatic rings. The second kappa shape index (κ2) is 5.01. The number of fused-ring (bicyclic) bond motifs is 1. The number of aromatic nitrogens is 4. The lowest BCUT2D eigenvalue weighted by Crippen LogP contribution is -2.27. The predicted molar refractivity (Wildman–Crippen MR) is 76.0 cm³/mol. The third-order valence-corrected chi connectivity index (χ3v) is 3.52. The van der Waals surface area contributed by atoms with E-state index in [1.54, 1.807) is 18.7 Å². The second-order valence-corrected chi connectivity index (χ2v) is 4.84. The van der Waals surface area contributed by atoms with Gasteiger partial charge >= 0.3 is 0 Å². The van der Waals surface area contributed by atoms with E-state index in [0.29, 0.717) is 11.5 Å². The highest BCUT2D eigenvalue weighted by atomic mass is 16.5. The van der Waals surface area contributed by atoms with Crippen LogP contribution in [0.3, 0.4) is 0 Å². The maximum absolute atomic E-state index is 12.0. The Morgan fingerprint density at radius 3 is 2.67 bits per heavy atom. The molecule has 1 aliphatic heterocycles. The summed E-state index contributed by atoms with van der Waals surface area (Å²) in [6, 6.07) is 7.20. The fourth-order valence-electron chi connectivity index (χ4n) is 2.56. The van der Waals surface area contributed by atoms with Gasteiger partial charge in [-0.2, -0.15) is 4.68 Å². The fourth-order valence-corrected chi connectivity index (χ4v) is 2.56. The van der Waals surface area contributed by atoms with Crippen LogP contribution in [0.2, 0.25) is 0 Å². The maximum atomic E-state index is 12.0. The normalized spacial score (nSPS) is 17.2. The van der Waals surface area contributed by atoms with E-state index in [2.05, 4.69) is 20.8 Å². The Kier molecular flexibility index (Phi) is 3.17. The third-order valence-electron chi connectivity index (χ3n) is 3.52. The topological polar surface area (TPSA) is 81.9 Å². The molecule has 2 aromatic rings. The van der Waals surface area contributed by atoms with Gasteiger partial charge in [-0.1, -0.05) is 17.2 Å². The number of methoxy groups -OCH3 is 1. The Morgan fingerprint density at radius 1 is 1.33 bits per heavy atom. The summed E-state index contributed by atoms with van der Waals surface area (Å²) in [5.74, 6) is 1.27. The maximum Gasteiger partial charge on any atom is 0.248 e. The molecular formula is C14H15N5O2. The van der Waals surface area contributed by atoms with E-state index >= 15 is 0 Å². The highest BCUT2D eigenvalue weighted by Gasteiger charge is 2.32. The van der Waals surface area contributed by atoms with Gasteiger partial charge in [-0.25, -0.2) is 0 Å². The zero-order valence-corrected chi connectivity index (χ0v) is 12.0. The summed E-state index contributed by atoms with van der Waals surface area (Å²) in [7, 11) is 1.62. The molecule has 2 heterocycles. The summed E-state index contributed by atoms with van der Waals surface area (Å²) >= 11 is 0. The number of ether oxygens (including phenoxy) is 1. The summed E-state index contributed by atoms with van der Waals surface area (Å²) in [4.78, 5) is 12.0. The number of ketones is 1. The molecular weight excluding hydrogens is 270 g/mol. The van der Waals surface area contributed by atoms with Crippen LogP contribution in [0.15, 0.2) is 35.5 Å². The smallest absolute Gasteiger partial charge is 0.248 e. The van der Waals surface area contributed by atoms with E-state index in [9.17, 15) is 4.79 Å². The molecule has 0 radical (unpaired) electrons. The Morgan fingerprint density at radius 2 is 2.05 bits per heavy atom. The van der Waals surface area contributed by atoms with Crippen molar-refractivity contribution in [1.82, 2.24) is 20.2 Å². The van der Waals surface area contributed by atoms with Crippen molar-refractivity contribution < 1.29 is 9.53 Å². The Bertz CT molecular complexity index is 717. The minimum atomic E-state index is -0.334. The van der Waals surface area contributed by atoms with Gasteiger partial charge in [0.2, 0.25) is 5.95 Å². The van der Waals surface area contributed by atoms with Crippen molar-refractivity contribution in [3.63, 3.8) is 0 Å². The van der Waals surface area contributed by atoms with Gasteiger partial charge in [0.15, 0.2) is 5.78 Å². The van der Waals surface area contributed by atoms with Crippen molar-refractivity contribution in [2.24, 2.45) is 0 Å². The molecule has 7 heteroatoms. The van der Waals surface area contributed by atoms with Crippen LogP contribution in [0.1, 0.15) is 25.5 Å². The standard InChI is InChI=1S/C14H15N5O2/c1-8-12(9(2)20)13(19-14(15-8)16-17-18-19)10-4-6-11(21-3)7-5-10/h4-7,13H,1-3H3,(H,15,16,18). The van der Waals surface area contributed by atoms with E-state index < -0.39 is 0 Å². The number of allylic oxidation sites excluding steroid dienone is 2. The van der Waals surface area contributed by atoms with Crippen LogP contribution in [0.25, 0.3) is 0 Å². The average Bonchev–Trinajstić information content (AvgIpc) is 2.93. The molecule has 1 N–H and O–H groups in total. The molecule has 1 atom stereocenters. The number of rotatable bonds is 3. The van der Waals surface area contributed by atoms with Crippen molar-refractivity contribution in [1.29, 1.82) is 0 Å². The number of tetrazole rings is 1. The van der Waals surface area contributed by atoms with E-state index in [0.717, 1.165) is 17.0 Å². The molecule has 0 amide bonds. The number of carbonyl (C=O) groups excluding carboxylic acids is 1. The number of Topliss-reactive ketones (excluding diaryl/α,β-unsaturated/α-hetero) is 1. The lowest BCUT2D eigenvalue weighted by atomic mass is 9.93. The van der Waals surface area contributed by atoms with Gasteiger partial charge < -0.3 is 10.1 Å². The van der Waals surface area contributed by atoms with Crippen LogP contribution in [-0.4, -0.2) is 33.1 Å². The van der Waals surface area contributed by atoms with Crippen LogP contribution in [0, 0.1) is 0 Å². The van der Waals surface area contributed by atoms with Crippen molar-refractivity contribution in [3.05, 3.63) is 41.1 Å². The van der Waals surface area contributed by atoms with Crippen LogP contribution in [-0.2, 0) is 4.79 Å². The van der Waals surface area contributed by atoms with Crippen molar-refractivity contribution in [2.45, 2.75) is 19.9 Å². The third kappa shape index (κ3) is 2.16. The number of carbonyl (C=O) groups is 1. The van der Waals surface area contributed by atoms with Gasteiger partial charge in [-0.3, -0.25) is 4.79 Å². The first-order chi connectivity index (χ1) is 10.1. The van der Waals surface area contributed by atoms with E-state index in [4.69, 9.17) is 4.74 Å². The molecule has 0 aliphatic carbocycles. The molecule has 108 valence electrons. The highest BCUT2D eigenvalue weighted by Crippen LogP contribution is 2.34. The summed E-state index contributed by atoms with van der Waals surface area (Å²) in [5, 5.41) is 14.7. The van der Waals surface area contributed by atoms with Crippen LogP contribution >= 0.6 is 0 Å². The molecule has 1 aromatic carbocycles. The zero-order chi connectivity index (χ0) is 15.0. The van der Waals surface area contributed by atoms with Gasteiger partial charge in [0.05, 0.1) is 7.11 Å². The molecule has 0 fully saturated rings. The average molecular weight is 285 g/mol. The molecule has 0 bridgehead atoms. The van der Waals surface area contributed by atoms with E-state index in [1.165, 1.54) is 0 Å². The van der Waals surface area contributed by atoms with Crippen molar-refractivity contribution in [2.75, 3.05) is 12.4 Å². The minimum absolute atomic E-state index is 0.0121. The van der Waals surface area contributed by atoms with Gasteiger partial charge in [0.1, 0.15) is 11.8 Å². The molecule has 7 nitrogen and oxygen atoms in total. The zero-order valence-electron chi connectivity index (χ0n) is 12.0. The number of nitrogens with zero attached hydrogens (tertiary/aromatic N) is 4. The number of benzene rings is 1. The first-order valence-corrected chi connectivity index (χ1v) is 6.52. The van der Waals surface area contributed by atoms with E-state index in [1.807, 2.05) is 31.2 Å². The number of hydrogen-bond acceptors (Lipinski definition) is 6. The quantitative estimate of drug-likeness (QED) is 0.921. The monoisotopic (exact) mass is 285 g/mol. The second-order valence-electron chi connectivity index (χ2n) is 4.84. The summed E-state index contributed by atoms with van der Waals surface area (Å²) in [6.45, 7) is 3.40. The predicted octanol–water partition coefficient (Wildman–Crippen LogP) is 1.56. The number of anilines is 1. The summed E-state index contributed by atoms with van der Waals surface area (Å²) < 4.78 is 6.78. The SMILES string of the molecule is COc1ccc(C2C(C(C)=O)=C(C)Nc3nnnn32)cc1. The molecule has 1 unspecified atom stereocenters. The minimum Gasteiger partial charge on any atom is -0.497 e. The number of nitrogens with one attached hydrogen (secondary N) is 1. The highest BCUT2D eigenvalue weighted by molar-refractivity contribution is 5.96. The molecule has 21 heavy (non-hydrogen) atoms. The molecule has 0 saturated carbocycles. The molecule has 1 aromatic heterocycles. The van der Waals surface area contributed by atoms with Gasteiger partial charge in [0, 0.05) is 11.3 Å². The van der Waals surface area contributed by atoms with Crippen LogP contribution in [0.4, 0.5) is 5.95 Å². The van der Waals surface area contributed by atoms with Crippen LogP contribution < -0.4 is 10.1 Å². The van der Waals surface area contributed by atoms with Crippen molar-refractivity contribution in [3.8, 4) is 5.75 Å². The Labute approximate surface area is 121 Å². The first kappa shape index (κ1) is 13.3. The van der Waals surface area contributed by atoms with Gasteiger partial charge in [0.25, 0.3) is 0 Å². The van der Waals surface area contributed by atoms with Crippen molar-refractivity contribution >= 4 is 11.7 Å². The molecule has 3 rings (SSSR count). The molecule has 0 spiro atoms. The number of hydrogen-bond donors (Lipinski definition) is 1. The lowest BCUT2D eigenvalue weighted by molar-refractivity contribution is -0.114. The van der Waals surface area contributed by atoms with Crippen LogP contribution in [0.5, 0.6) is 5.75 Å². The van der Waals surface area contributed by atoms with Gasteiger partial charge in [-0.05, 0) is 42.0 Å². The Balaban J connectivity index is 2.14. The molecule has 0 saturated heterocycles. The van der Waals surface area contributed by atoms with E-state index in [-0.39, 0.29) is 11.8 Å². The fraction of sp³-hybridized carbons (Fsp3) is 0.286.